The molecule has 1 rings (SSSR count). The Kier molecular flexibility index (Phi) is 3.42. The largest absolute Gasteiger partial charge is 0.480 e. The highest BCUT2D eigenvalue weighted by atomic mass is 16.4. The molecule has 6 heteroatoms. The number of carboxylic acid groups (broad SMARTS) is 1. The van der Waals surface area contributed by atoms with Gasteiger partial charge in [-0.05, 0) is 10.8 Å². The Bertz CT molecular complexity index is 387. The van der Waals surface area contributed by atoms with E-state index in [1.807, 2.05) is 27.7 Å². The van der Waals surface area contributed by atoms with E-state index in [0.29, 0.717) is 0 Å². The number of carboxylic acids is 1. The normalized spacial score (nSPS) is 22.0. The van der Waals surface area contributed by atoms with E-state index in [2.05, 4.69) is 5.32 Å². The molecule has 102 valence electrons. The van der Waals surface area contributed by atoms with Crippen molar-refractivity contribution in [1.29, 1.82) is 0 Å². The highest BCUT2D eigenvalue weighted by molar-refractivity contribution is 5.91. The molecule has 1 fully saturated rings. The number of hydrogen-bond donors (Lipinski definition) is 3. The Morgan fingerprint density at radius 1 is 1.22 bits per heavy atom. The molecule has 1 aliphatic carbocycles. The van der Waals surface area contributed by atoms with Crippen molar-refractivity contribution in [2.75, 3.05) is 0 Å². The van der Waals surface area contributed by atoms with Crippen LogP contribution in [-0.4, -0.2) is 28.9 Å². The van der Waals surface area contributed by atoms with Crippen LogP contribution in [0.25, 0.3) is 0 Å². The number of carbonyl (C=O) groups excluding carboxylic acids is 2. The maximum absolute atomic E-state index is 12.0. The first-order chi connectivity index (χ1) is 8.01. The van der Waals surface area contributed by atoms with Crippen molar-refractivity contribution in [2.24, 2.45) is 22.5 Å². The number of carbonyl (C=O) groups is 3. The van der Waals surface area contributed by atoms with E-state index < -0.39 is 24.3 Å². The summed E-state index contributed by atoms with van der Waals surface area (Å²) in [5.41, 5.74) is 4.60. The van der Waals surface area contributed by atoms with Crippen molar-refractivity contribution < 1.29 is 19.5 Å². The molecule has 0 radical (unpaired) electrons. The molecule has 4 N–H and O–H groups in total. The van der Waals surface area contributed by atoms with Crippen LogP contribution in [0, 0.1) is 16.7 Å². The molecule has 1 unspecified atom stereocenters. The van der Waals surface area contributed by atoms with Crippen molar-refractivity contribution in [3.05, 3.63) is 0 Å². The molecule has 0 heterocycles. The monoisotopic (exact) mass is 256 g/mol. The van der Waals surface area contributed by atoms with Gasteiger partial charge in [0.2, 0.25) is 11.8 Å². The molecule has 6 nitrogen and oxygen atoms in total. The molecule has 0 bridgehead atoms. The minimum atomic E-state index is -1.25. The average molecular weight is 256 g/mol. The summed E-state index contributed by atoms with van der Waals surface area (Å²) >= 11 is 0. The van der Waals surface area contributed by atoms with E-state index >= 15 is 0 Å². The fourth-order valence-corrected chi connectivity index (χ4v) is 2.51. The van der Waals surface area contributed by atoms with Gasteiger partial charge in [0.15, 0.2) is 0 Å². The standard InChI is InChI=1S/C12H20N2O4/c1-11(2)8(12(11,3)4)9(16)14-6(10(17)18)5-7(13)15/h6,8H,5H2,1-4H3,(H2,13,15)(H,14,16)(H,17,18). The van der Waals surface area contributed by atoms with E-state index in [4.69, 9.17) is 10.8 Å². The molecule has 1 atom stereocenters. The van der Waals surface area contributed by atoms with Crippen molar-refractivity contribution >= 4 is 17.8 Å². The molecule has 1 saturated carbocycles. The zero-order valence-corrected chi connectivity index (χ0v) is 11.1. The quantitative estimate of drug-likeness (QED) is 0.648. The van der Waals surface area contributed by atoms with Crippen LogP contribution in [-0.2, 0) is 14.4 Å². The maximum Gasteiger partial charge on any atom is 0.326 e. The lowest BCUT2D eigenvalue weighted by atomic mass is 10.0. The highest BCUT2D eigenvalue weighted by Crippen LogP contribution is 2.68. The number of aliphatic carboxylic acids is 1. The van der Waals surface area contributed by atoms with Crippen LogP contribution < -0.4 is 11.1 Å². The predicted octanol–water partition coefficient (Wildman–Crippen LogP) is 0.113. The predicted molar refractivity (Wildman–Crippen MR) is 64.4 cm³/mol. The van der Waals surface area contributed by atoms with Gasteiger partial charge in [-0.3, -0.25) is 9.59 Å². The fraction of sp³-hybridized carbons (Fsp3) is 0.750. The topological polar surface area (TPSA) is 109 Å². The molecule has 0 aromatic carbocycles. The lowest BCUT2D eigenvalue weighted by molar-refractivity contribution is -0.143. The first-order valence-electron chi connectivity index (χ1n) is 5.83. The Labute approximate surface area is 106 Å². The van der Waals surface area contributed by atoms with Gasteiger partial charge in [0.25, 0.3) is 0 Å². The summed E-state index contributed by atoms with van der Waals surface area (Å²) < 4.78 is 0. The van der Waals surface area contributed by atoms with Crippen LogP contribution in [0.3, 0.4) is 0 Å². The number of primary amides is 1. The Balaban J connectivity index is 2.70. The summed E-state index contributed by atoms with van der Waals surface area (Å²) in [5.74, 6) is -2.59. The average Bonchev–Trinajstić information content (AvgIpc) is 2.54. The third-order valence-corrected chi connectivity index (χ3v) is 4.30. The first kappa shape index (κ1) is 14.5. The lowest BCUT2D eigenvalue weighted by Gasteiger charge is -2.13. The Hall–Kier alpha value is -1.59. The molecule has 0 aromatic rings. The van der Waals surface area contributed by atoms with Crippen LogP contribution >= 0.6 is 0 Å². The molecular weight excluding hydrogens is 236 g/mol. The van der Waals surface area contributed by atoms with Crippen molar-refractivity contribution in [2.45, 2.75) is 40.2 Å². The van der Waals surface area contributed by atoms with Gasteiger partial charge in [0.05, 0.1) is 6.42 Å². The zero-order chi connectivity index (χ0) is 14.3. The highest BCUT2D eigenvalue weighted by Gasteiger charge is 2.68. The summed E-state index contributed by atoms with van der Waals surface area (Å²) in [6.45, 7) is 7.84. The van der Waals surface area contributed by atoms with E-state index in [1.54, 1.807) is 0 Å². The summed E-state index contributed by atoms with van der Waals surface area (Å²) in [6.07, 6.45) is -0.394. The van der Waals surface area contributed by atoms with Crippen LogP contribution in [0.2, 0.25) is 0 Å². The molecule has 18 heavy (non-hydrogen) atoms. The Morgan fingerprint density at radius 3 is 1.94 bits per heavy atom. The lowest BCUT2D eigenvalue weighted by Crippen LogP contribution is -2.44. The third-order valence-electron chi connectivity index (χ3n) is 4.30. The molecule has 0 saturated heterocycles. The van der Waals surface area contributed by atoms with Crippen LogP contribution in [0.15, 0.2) is 0 Å². The SMILES string of the molecule is CC1(C)C(C(=O)NC(CC(N)=O)C(=O)O)C1(C)C. The van der Waals surface area contributed by atoms with Crippen molar-refractivity contribution in [1.82, 2.24) is 5.32 Å². The molecule has 0 aliphatic heterocycles. The van der Waals surface area contributed by atoms with Gasteiger partial charge < -0.3 is 16.2 Å². The summed E-state index contributed by atoms with van der Waals surface area (Å²) in [5, 5.41) is 11.3. The van der Waals surface area contributed by atoms with Gasteiger partial charge in [-0.1, -0.05) is 27.7 Å². The number of nitrogens with two attached hydrogens (primary N) is 1. The van der Waals surface area contributed by atoms with E-state index in [0.717, 1.165) is 0 Å². The van der Waals surface area contributed by atoms with Crippen LogP contribution in [0.4, 0.5) is 0 Å². The summed E-state index contributed by atoms with van der Waals surface area (Å²) in [6, 6.07) is -1.25. The van der Waals surface area contributed by atoms with Gasteiger partial charge in [-0.2, -0.15) is 0 Å². The number of amides is 2. The second-order valence-electron chi connectivity index (χ2n) is 5.95. The molecular formula is C12H20N2O4. The summed E-state index contributed by atoms with van der Waals surface area (Å²) in [4.78, 5) is 33.7. The number of hydrogen-bond acceptors (Lipinski definition) is 3. The van der Waals surface area contributed by atoms with E-state index in [1.165, 1.54) is 0 Å². The second kappa shape index (κ2) is 4.26. The first-order valence-corrected chi connectivity index (χ1v) is 5.83. The minimum Gasteiger partial charge on any atom is -0.480 e. The van der Waals surface area contributed by atoms with Gasteiger partial charge >= 0.3 is 5.97 Å². The van der Waals surface area contributed by atoms with Gasteiger partial charge in [-0.15, -0.1) is 0 Å². The van der Waals surface area contributed by atoms with Crippen LogP contribution in [0.5, 0.6) is 0 Å². The van der Waals surface area contributed by atoms with Gasteiger partial charge in [0, 0.05) is 5.92 Å². The maximum atomic E-state index is 12.0. The smallest absolute Gasteiger partial charge is 0.326 e. The molecule has 0 spiro atoms. The summed E-state index contributed by atoms with van der Waals surface area (Å²) in [7, 11) is 0. The number of rotatable bonds is 5. The molecule has 0 aromatic heterocycles. The van der Waals surface area contributed by atoms with Gasteiger partial charge in [-0.25, -0.2) is 4.79 Å². The number of nitrogens with one attached hydrogen (secondary N) is 1. The van der Waals surface area contributed by atoms with E-state index in [9.17, 15) is 14.4 Å². The van der Waals surface area contributed by atoms with Crippen molar-refractivity contribution in [3.8, 4) is 0 Å². The van der Waals surface area contributed by atoms with E-state index in [-0.39, 0.29) is 22.7 Å². The molecule has 1 aliphatic rings. The minimum absolute atomic E-state index is 0.174. The Morgan fingerprint density at radius 2 is 1.67 bits per heavy atom. The zero-order valence-electron chi connectivity index (χ0n) is 11.1. The molecule has 2 amide bonds. The third kappa shape index (κ3) is 2.32. The fourth-order valence-electron chi connectivity index (χ4n) is 2.51. The van der Waals surface area contributed by atoms with Gasteiger partial charge in [0.1, 0.15) is 6.04 Å². The van der Waals surface area contributed by atoms with Crippen LogP contribution in [0.1, 0.15) is 34.1 Å². The van der Waals surface area contributed by atoms with Crippen molar-refractivity contribution in [3.63, 3.8) is 0 Å². The second-order valence-corrected chi connectivity index (χ2v) is 5.95.